The van der Waals surface area contributed by atoms with Crippen LogP contribution in [-0.4, -0.2) is 45.2 Å². The lowest BCUT2D eigenvalue weighted by Gasteiger charge is -2.44. The lowest BCUT2D eigenvalue weighted by atomic mass is 9.60. The summed E-state index contributed by atoms with van der Waals surface area (Å²) in [5.74, 6) is 1.06. The Kier molecular flexibility index (Phi) is 6.47. The van der Waals surface area contributed by atoms with Crippen molar-refractivity contribution >= 4 is 5.97 Å². The third-order valence-corrected chi connectivity index (χ3v) is 8.96. The zero-order chi connectivity index (χ0) is 23.3. The Morgan fingerprint density at radius 3 is 2.69 bits per heavy atom. The first-order valence-corrected chi connectivity index (χ1v) is 12.4. The Morgan fingerprint density at radius 1 is 1.25 bits per heavy atom. The summed E-state index contributed by atoms with van der Waals surface area (Å²) in [6.45, 7) is 10.3. The topological polar surface area (TPSA) is 87.0 Å². The molecule has 8 atom stereocenters. The second-order valence-electron chi connectivity index (χ2n) is 11.4. The standard InChI is InChI=1S/C27H40O5/c1-16(12-21-15-27(4,31)25(30)32-21)22-9-10-23-18(6-5-11-26(22,23)3)7-8-19-13-20(28)14-24(29)17(19)2/h7-8,16,20-24,28-29,31H,2,5-6,9-15H2,1,3-4H3/b18-7-,19-8+/t16-,20-,21+,22-,23+,24+,26-,27-/m1/s1. The zero-order valence-corrected chi connectivity index (χ0v) is 19.8. The molecular formula is C27H40O5. The highest BCUT2D eigenvalue weighted by atomic mass is 16.6. The maximum Gasteiger partial charge on any atom is 0.338 e. The molecule has 0 aromatic rings. The molecular weight excluding hydrogens is 404 g/mol. The summed E-state index contributed by atoms with van der Waals surface area (Å²) in [5, 5.41) is 30.4. The van der Waals surface area contributed by atoms with Crippen LogP contribution in [0.5, 0.6) is 0 Å². The molecule has 0 aromatic carbocycles. The first kappa shape index (κ1) is 23.7. The Balaban J connectivity index is 1.47. The van der Waals surface area contributed by atoms with Gasteiger partial charge in [0.25, 0.3) is 0 Å². The van der Waals surface area contributed by atoms with Crippen LogP contribution >= 0.6 is 0 Å². The number of allylic oxidation sites excluding steroid dienone is 3. The van der Waals surface area contributed by atoms with Gasteiger partial charge in [-0.05, 0) is 86.2 Å². The van der Waals surface area contributed by atoms with Crippen LogP contribution < -0.4 is 0 Å². The van der Waals surface area contributed by atoms with Gasteiger partial charge >= 0.3 is 5.97 Å². The van der Waals surface area contributed by atoms with Crippen LogP contribution in [0.15, 0.2) is 35.5 Å². The monoisotopic (exact) mass is 444 g/mol. The summed E-state index contributed by atoms with van der Waals surface area (Å²) >= 11 is 0. The number of ether oxygens (including phenoxy) is 1. The van der Waals surface area contributed by atoms with E-state index in [9.17, 15) is 20.1 Å². The van der Waals surface area contributed by atoms with E-state index in [1.165, 1.54) is 31.3 Å². The van der Waals surface area contributed by atoms with E-state index in [-0.39, 0.29) is 11.5 Å². The second kappa shape index (κ2) is 8.73. The van der Waals surface area contributed by atoms with Crippen molar-refractivity contribution in [3.8, 4) is 0 Å². The van der Waals surface area contributed by atoms with Crippen LogP contribution in [0.2, 0.25) is 0 Å². The molecule has 0 spiro atoms. The molecule has 4 rings (SSSR count). The normalized spacial score (nSPS) is 45.9. The largest absolute Gasteiger partial charge is 0.460 e. The number of esters is 1. The molecule has 1 saturated heterocycles. The molecule has 5 heteroatoms. The van der Waals surface area contributed by atoms with Crippen molar-refractivity contribution in [2.45, 2.75) is 102 Å². The minimum absolute atomic E-state index is 0.186. The minimum atomic E-state index is -1.34. The van der Waals surface area contributed by atoms with E-state index in [2.05, 4.69) is 32.6 Å². The van der Waals surface area contributed by atoms with Crippen molar-refractivity contribution in [3.63, 3.8) is 0 Å². The predicted octanol–water partition coefficient (Wildman–Crippen LogP) is 4.22. The van der Waals surface area contributed by atoms with E-state index in [0.29, 0.717) is 37.0 Å². The van der Waals surface area contributed by atoms with E-state index in [0.717, 1.165) is 24.0 Å². The number of aliphatic hydroxyl groups is 3. The summed E-state index contributed by atoms with van der Waals surface area (Å²) in [6.07, 6.45) is 11.0. The first-order chi connectivity index (χ1) is 15.0. The summed E-state index contributed by atoms with van der Waals surface area (Å²) in [7, 11) is 0. The van der Waals surface area contributed by atoms with Gasteiger partial charge in [-0.1, -0.05) is 38.2 Å². The first-order valence-electron chi connectivity index (χ1n) is 12.4. The number of fused-ring (bicyclic) bond motifs is 1. The fraction of sp³-hybridized carbons (Fsp3) is 0.741. The molecule has 1 heterocycles. The van der Waals surface area contributed by atoms with Crippen molar-refractivity contribution in [1.29, 1.82) is 0 Å². The van der Waals surface area contributed by atoms with Gasteiger partial charge < -0.3 is 20.1 Å². The molecule has 3 N–H and O–H groups in total. The van der Waals surface area contributed by atoms with Crippen molar-refractivity contribution in [3.05, 3.63) is 35.5 Å². The fourth-order valence-electron chi connectivity index (χ4n) is 7.24. The van der Waals surface area contributed by atoms with E-state index in [1.807, 2.05) is 0 Å². The number of hydrogen-bond donors (Lipinski definition) is 3. The zero-order valence-electron chi connectivity index (χ0n) is 19.8. The Hall–Kier alpha value is -1.43. The average molecular weight is 445 g/mol. The van der Waals surface area contributed by atoms with E-state index >= 15 is 0 Å². The van der Waals surface area contributed by atoms with Gasteiger partial charge in [-0.3, -0.25) is 0 Å². The molecule has 4 fully saturated rings. The third kappa shape index (κ3) is 4.36. The molecule has 32 heavy (non-hydrogen) atoms. The van der Waals surface area contributed by atoms with E-state index < -0.39 is 23.8 Å². The van der Waals surface area contributed by atoms with Gasteiger partial charge in [0.2, 0.25) is 0 Å². The fourth-order valence-corrected chi connectivity index (χ4v) is 7.24. The quantitative estimate of drug-likeness (QED) is 0.565. The molecule has 3 saturated carbocycles. The van der Waals surface area contributed by atoms with Gasteiger partial charge in [-0.2, -0.15) is 0 Å². The Labute approximate surface area is 192 Å². The molecule has 5 nitrogen and oxygen atoms in total. The summed E-state index contributed by atoms with van der Waals surface area (Å²) < 4.78 is 5.47. The molecule has 0 radical (unpaired) electrons. The highest BCUT2D eigenvalue weighted by Crippen LogP contribution is 2.60. The highest BCUT2D eigenvalue weighted by Gasteiger charge is 2.52. The summed E-state index contributed by atoms with van der Waals surface area (Å²) in [5.41, 5.74) is 2.08. The van der Waals surface area contributed by atoms with Gasteiger partial charge in [0.05, 0.1) is 12.2 Å². The van der Waals surface area contributed by atoms with Crippen LogP contribution in [0.3, 0.4) is 0 Å². The lowest BCUT2D eigenvalue weighted by Crippen LogP contribution is -2.36. The molecule has 3 aliphatic carbocycles. The van der Waals surface area contributed by atoms with Crippen LogP contribution in [0.4, 0.5) is 0 Å². The smallest absolute Gasteiger partial charge is 0.338 e. The van der Waals surface area contributed by atoms with Crippen molar-refractivity contribution in [2.75, 3.05) is 0 Å². The molecule has 0 unspecified atom stereocenters. The van der Waals surface area contributed by atoms with Gasteiger partial charge in [0, 0.05) is 12.8 Å². The van der Waals surface area contributed by atoms with Crippen LogP contribution in [0.25, 0.3) is 0 Å². The van der Waals surface area contributed by atoms with Gasteiger partial charge in [0.15, 0.2) is 5.60 Å². The number of carbonyl (C=O) groups excluding carboxylic acids is 1. The maximum absolute atomic E-state index is 11.9. The van der Waals surface area contributed by atoms with Crippen molar-refractivity contribution in [2.24, 2.45) is 23.2 Å². The summed E-state index contributed by atoms with van der Waals surface area (Å²) in [4.78, 5) is 11.9. The highest BCUT2D eigenvalue weighted by molar-refractivity contribution is 5.80. The van der Waals surface area contributed by atoms with Gasteiger partial charge in [0.1, 0.15) is 6.10 Å². The SMILES string of the molecule is C=C1/C(=C/C=C2/CCC[C@]3(C)[C@@H]([C@H](C)C[C@H]4C[C@@](C)(O)C(=O)O4)CC[C@@H]23)C[C@@H](O)C[C@@H]1O. The van der Waals surface area contributed by atoms with Crippen molar-refractivity contribution in [1.82, 2.24) is 0 Å². The Bertz CT molecular complexity index is 824. The van der Waals surface area contributed by atoms with Crippen LogP contribution in [0.1, 0.15) is 78.6 Å². The number of cyclic esters (lactones) is 1. The van der Waals surface area contributed by atoms with Crippen molar-refractivity contribution < 1.29 is 24.9 Å². The number of carbonyl (C=O) groups is 1. The summed E-state index contributed by atoms with van der Waals surface area (Å²) in [6, 6.07) is 0. The Morgan fingerprint density at radius 2 is 2.00 bits per heavy atom. The molecule has 0 amide bonds. The number of hydrogen-bond acceptors (Lipinski definition) is 5. The molecule has 178 valence electrons. The average Bonchev–Trinajstić information content (AvgIpc) is 3.18. The molecule has 0 aromatic heterocycles. The predicted molar refractivity (Wildman–Crippen MR) is 124 cm³/mol. The minimum Gasteiger partial charge on any atom is -0.460 e. The lowest BCUT2D eigenvalue weighted by molar-refractivity contribution is -0.154. The van der Waals surface area contributed by atoms with E-state index in [1.54, 1.807) is 6.92 Å². The number of aliphatic hydroxyl groups excluding tert-OH is 2. The second-order valence-corrected chi connectivity index (χ2v) is 11.4. The van der Waals surface area contributed by atoms with Gasteiger partial charge in [-0.15, -0.1) is 0 Å². The molecule has 1 aliphatic heterocycles. The maximum atomic E-state index is 11.9. The molecule has 4 aliphatic rings. The van der Waals surface area contributed by atoms with E-state index in [4.69, 9.17) is 4.74 Å². The molecule has 0 bridgehead atoms. The number of rotatable bonds is 4. The third-order valence-electron chi connectivity index (χ3n) is 8.96. The van der Waals surface area contributed by atoms with Crippen LogP contribution in [0, 0.1) is 23.2 Å². The van der Waals surface area contributed by atoms with Crippen LogP contribution in [-0.2, 0) is 9.53 Å². The van der Waals surface area contributed by atoms with Gasteiger partial charge in [-0.25, -0.2) is 4.79 Å².